The molecule has 3 nitrogen and oxygen atoms in total. The summed E-state index contributed by atoms with van der Waals surface area (Å²) in [6.07, 6.45) is 7.57. The number of hydrogen-bond donors (Lipinski definition) is 1. The summed E-state index contributed by atoms with van der Waals surface area (Å²) >= 11 is 0. The highest BCUT2D eigenvalue weighted by Gasteiger charge is 2.35. The van der Waals surface area contributed by atoms with Crippen LogP contribution in [-0.2, 0) is 4.74 Å². The van der Waals surface area contributed by atoms with E-state index < -0.39 is 0 Å². The first kappa shape index (κ1) is 18.9. The second-order valence-corrected chi connectivity index (χ2v) is 6.91. The molecule has 2 atom stereocenters. The summed E-state index contributed by atoms with van der Waals surface area (Å²) in [5.41, 5.74) is 0.324. The molecule has 2 unspecified atom stereocenters. The summed E-state index contributed by atoms with van der Waals surface area (Å²) in [6, 6.07) is 0.682. The predicted octanol–water partition coefficient (Wildman–Crippen LogP) is 3.68. The van der Waals surface area contributed by atoms with E-state index >= 15 is 0 Å². The summed E-state index contributed by atoms with van der Waals surface area (Å²) in [7, 11) is 0. The smallest absolute Gasteiger partial charge is 0.0546 e. The summed E-state index contributed by atoms with van der Waals surface area (Å²) in [6.45, 7) is 15.8. The number of nitrogens with zero attached hydrogens (tertiary/aromatic N) is 1. The summed E-state index contributed by atoms with van der Waals surface area (Å²) in [5.74, 6) is 0. The monoisotopic (exact) mass is 298 g/mol. The van der Waals surface area contributed by atoms with E-state index in [1.807, 2.05) is 0 Å². The Bertz CT molecular complexity index is 252. The summed E-state index contributed by atoms with van der Waals surface area (Å²) in [5, 5.41) is 3.66. The highest BCUT2D eigenvalue weighted by Crippen LogP contribution is 2.30. The van der Waals surface area contributed by atoms with Crippen LogP contribution in [0.2, 0.25) is 0 Å². The first-order valence-corrected chi connectivity index (χ1v) is 9.20. The van der Waals surface area contributed by atoms with Crippen LogP contribution in [0.15, 0.2) is 0 Å². The van der Waals surface area contributed by atoms with Crippen LogP contribution in [0.4, 0.5) is 0 Å². The fourth-order valence-electron chi connectivity index (χ4n) is 3.27. The van der Waals surface area contributed by atoms with Crippen LogP contribution in [0.5, 0.6) is 0 Å². The van der Waals surface area contributed by atoms with Gasteiger partial charge in [0, 0.05) is 31.2 Å². The van der Waals surface area contributed by atoms with Crippen molar-refractivity contribution in [2.75, 3.05) is 39.4 Å². The Kier molecular flexibility index (Phi) is 9.54. The van der Waals surface area contributed by atoms with E-state index in [1.54, 1.807) is 0 Å². The van der Waals surface area contributed by atoms with Crippen molar-refractivity contribution in [1.82, 2.24) is 10.2 Å². The lowest BCUT2D eigenvalue weighted by atomic mass is 9.81. The van der Waals surface area contributed by atoms with E-state index in [9.17, 15) is 0 Å². The van der Waals surface area contributed by atoms with Crippen molar-refractivity contribution in [1.29, 1.82) is 0 Å². The van der Waals surface area contributed by atoms with Gasteiger partial charge in [0.05, 0.1) is 6.61 Å². The van der Waals surface area contributed by atoms with E-state index in [-0.39, 0.29) is 0 Å². The lowest BCUT2D eigenvalue weighted by Crippen LogP contribution is -2.51. The lowest BCUT2D eigenvalue weighted by Gasteiger charge is -2.43. The van der Waals surface area contributed by atoms with Gasteiger partial charge in [-0.25, -0.2) is 0 Å². The molecule has 1 heterocycles. The van der Waals surface area contributed by atoms with Gasteiger partial charge in [-0.15, -0.1) is 0 Å². The standard InChI is InChI=1S/C18H38N2O/c1-5-8-12-20(17(4)7-3)15-18(14-19-11-6-2)10-9-13-21-16-18/h17,19H,5-16H2,1-4H3. The molecular formula is C18H38N2O. The molecule has 0 amide bonds. The molecule has 0 aromatic carbocycles. The van der Waals surface area contributed by atoms with Gasteiger partial charge in [0.2, 0.25) is 0 Å². The number of rotatable bonds is 11. The lowest BCUT2D eigenvalue weighted by molar-refractivity contribution is -0.0323. The third-order valence-electron chi connectivity index (χ3n) is 4.88. The Morgan fingerprint density at radius 3 is 2.62 bits per heavy atom. The number of nitrogens with one attached hydrogen (secondary N) is 1. The second kappa shape index (κ2) is 10.6. The van der Waals surface area contributed by atoms with E-state index in [0.717, 1.165) is 26.3 Å². The van der Waals surface area contributed by atoms with Gasteiger partial charge < -0.3 is 10.1 Å². The van der Waals surface area contributed by atoms with Crippen molar-refractivity contribution in [3.8, 4) is 0 Å². The van der Waals surface area contributed by atoms with Crippen molar-refractivity contribution >= 4 is 0 Å². The van der Waals surface area contributed by atoms with Gasteiger partial charge in [-0.05, 0) is 52.1 Å². The molecule has 1 saturated heterocycles. The van der Waals surface area contributed by atoms with Gasteiger partial charge in [0.25, 0.3) is 0 Å². The number of unbranched alkanes of at least 4 members (excludes halogenated alkanes) is 1. The topological polar surface area (TPSA) is 24.5 Å². The molecule has 1 rings (SSSR count). The van der Waals surface area contributed by atoms with Gasteiger partial charge >= 0.3 is 0 Å². The molecule has 3 heteroatoms. The van der Waals surface area contributed by atoms with Crippen LogP contribution < -0.4 is 5.32 Å². The maximum absolute atomic E-state index is 5.87. The van der Waals surface area contributed by atoms with Gasteiger partial charge in [0.15, 0.2) is 0 Å². The van der Waals surface area contributed by atoms with Crippen molar-refractivity contribution in [3.63, 3.8) is 0 Å². The molecule has 1 aliphatic rings. The van der Waals surface area contributed by atoms with Crippen molar-refractivity contribution < 1.29 is 4.74 Å². The van der Waals surface area contributed by atoms with E-state index in [0.29, 0.717) is 11.5 Å². The number of hydrogen-bond acceptors (Lipinski definition) is 3. The van der Waals surface area contributed by atoms with Gasteiger partial charge in [0.1, 0.15) is 0 Å². The SMILES string of the molecule is CCCCN(CC1(CNCCC)CCCOC1)C(C)CC. The molecule has 0 bridgehead atoms. The maximum Gasteiger partial charge on any atom is 0.0546 e. The minimum Gasteiger partial charge on any atom is -0.381 e. The normalized spacial score (nSPS) is 24.4. The second-order valence-electron chi connectivity index (χ2n) is 6.91. The molecule has 0 aliphatic carbocycles. The molecule has 0 aromatic rings. The fourth-order valence-corrected chi connectivity index (χ4v) is 3.27. The molecule has 0 spiro atoms. The molecule has 0 aromatic heterocycles. The molecule has 1 N–H and O–H groups in total. The Labute approximate surface area is 132 Å². The van der Waals surface area contributed by atoms with E-state index in [2.05, 4.69) is 37.9 Å². The summed E-state index contributed by atoms with van der Waals surface area (Å²) in [4.78, 5) is 2.71. The zero-order valence-electron chi connectivity index (χ0n) is 14.9. The highest BCUT2D eigenvalue weighted by molar-refractivity contribution is 4.88. The predicted molar refractivity (Wildman–Crippen MR) is 91.9 cm³/mol. The highest BCUT2D eigenvalue weighted by atomic mass is 16.5. The van der Waals surface area contributed by atoms with Crippen molar-refractivity contribution in [3.05, 3.63) is 0 Å². The average Bonchev–Trinajstić information content (AvgIpc) is 2.52. The zero-order chi connectivity index (χ0) is 15.6. The Hall–Kier alpha value is -0.120. The molecule has 1 aliphatic heterocycles. The van der Waals surface area contributed by atoms with Crippen LogP contribution >= 0.6 is 0 Å². The Morgan fingerprint density at radius 1 is 1.24 bits per heavy atom. The van der Waals surface area contributed by atoms with Crippen LogP contribution in [0, 0.1) is 5.41 Å². The first-order chi connectivity index (χ1) is 10.2. The molecule has 126 valence electrons. The maximum atomic E-state index is 5.87. The molecule has 0 saturated carbocycles. The van der Waals surface area contributed by atoms with E-state index in [4.69, 9.17) is 4.74 Å². The fraction of sp³-hybridized carbons (Fsp3) is 1.00. The molecule has 21 heavy (non-hydrogen) atoms. The zero-order valence-corrected chi connectivity index (χ0v) is 14.9. The van der Waals surface area contributed by atoms with Crippen molar-refractivity contribution in [2.24, 2.45) is 5.41 Å². The average molecular weight is 299 g/mol. The van der Waals surface area contributed by atoms with Crippen molar-refractivity contribution in [2.45, 2.75) is 72.3 Å². The minimum absolute atomic E-state index is 0.324. The number of ether oxygens (including phenoxy) is 1. The summed E-state index contributed by atoms with van der Waals surface area (Å²) < 4.78 is 5.87. The molecule has 1 fully saturated rings. The van der Waals surface area contributed by atoms with Gasteiger partial charge in [-0.2, -0.15) is 0 Å². The quantitative estimate of drug-likeness (QED) is 0.589. The molecular weight excluding hydrogens is 260 g/mol. The van der Waals surface area contributed by atoms with Crippen LogP contribution in [0.3, 0.4) is 0 Å². The largest absolute Gasteiger partial charge is 0.381 e. The first-order valence-electron chi connectivity index (χ1n) is 9.20. The Balaban J connectivity index is 2.65. The third-order valence-corrected chi connectivity index (χ3v) is 4.88. The van der Waals surface area contributed by atoms with Gasteiger partial charge in [-0.3, -0.25) is 4.90 Å². The Morgan fingerprint density at radius 2 is 2.05 bits per heavy atom. The minimum atomic E-state index is 0.324. The van der Waals surface area contributed by atoms with Gasteiger partial charge in [-0.1, -0.05) is 27.2 Å². The molecule has 0 radical (unpaired) electrons. The van der Waals surface area contributed by atoms with Crippen LogP contribution in [0.25, 0.3) is 0 Å². The van der Waals surface area contributed by atoms with E-state index in [1.165, 1.54) is 51.6 Å². The van der Waals surface area contributed by atoms with Crippen LogP contribution in [-0.4, -0.2) is 50.3 Å². The third kappa shape index (κ3) is 6.66. The van der Waals surface area contributed by atoms with Crippen LogP contribution in [0.1, 0.15) is 66.2 Å².